The molecule has 1 amide bonds. The number of hydrogen-bond donors (Lipinski definition) is 2. The van der Waals surface area contributed by atoms with E-state index in [0.29, 0.717) is 40.9 Å². The molecule has 1 aliphatic heterocycles. The molecule has 11 heteroatoms. The molecular formula is C24H27N7O3S. The zero-order valence-electron chi connectivity index (χ0n) is 19.8. The number of thiazole rings is 1. The van der Waals surface area contributed by atoms with E-state index in [0.717, 1.165) is 23.5 Å². The minimum Gasteiger partial charge on any atom is -0.493 e. The van der Waals surface area contributed by atoms with E-state index < -0.39 is 0 Å². The summed E-state index contributed by atoms with van der Waals surface area (Å²) >= 11 is 1.45. The van der Waals surface area contributed by atoms with Crippen LogP contribution in [0.3, 0.4) is 0 Å². The first-order chi connectivity index (χ1) is 17.0. The first-order valence-corrected chi connectivity index (χ1v) is 11.9. The largest absolute Gasteiger partial charge is 0.493 e. The average Bonchev–Trinajstić information content (AvgIpc) is 3.53. The van der Waals surface area contributed by atoms with Crippen LogP contribution in [0.4, 0.5) is 17.5 Å². The highest BCUT2D eigenvalue weighted by atomic mass is 32.1. The number of nitrogens with one attached hydrogen (secondary N) is 2. The van der Waals surface area contributed by atoms with Crippen molar-refractivity contribution < 1.29 is 14.3 Å². The molecule has 0 bridgehead atoms. The van der Waals surface area contributed by atoms with Crippen molar-refractivity contribution in [2.24, 2.45) is 4.99 Å². The van der Waals surface area contributed by atoms with Gasteiger partial charge in [0.1, 0.15) is 5.52 Å². The van der Waals surface area contributed by atoms with Gasteiger partial charge in [0.05, 0.1) is 19.7 Å². The summed E-state index contributed by atoms with van der Waals surface area (Å²) in [7, 11) is 3.19. The van der Waals surface area contributed by atoms with Gasteiger partial charge in [0, 0.05) is 48.9 Å². The van der Waals surface area contributed by atoms with Gasteiger partial charge in [-0.3, -0.25) is 9.79 Å². The molecule has 3 aromatic rings. The van der Waals surface area contributed by atoms with E-state index in [-0.39, 0.29) is 11.9 Å². The molecule has 1 saturated heterocycles. The fourth-order valence-electron chi connectivity index (χ4n) is 3.66. The van der Waals surface area contributed by atoms with Gasteiger partial charge in [0.15, 0.2) is 22.1 Å². The molecular weight excluding hydrogens is 466 g/mol. The minimum atomic E-state index is -0.146. The van der Waals surface area contributed by atoms with Crippen molar-refractivity contribution in [2.75, 3.05) is 37.5 Å². The van der Waals surface area contributed by atoms with Gasteiger partial charge >= 0.3 is 0 Å². The summed E-state index contributed by atoms with van der Waals surface area (Å²) in [6.07, 6.45) is 5.41. The Bertz CT molecular complexity index is 1290. The molecule has 1 aromatic carbocycles. The predicted octanol–water partition coefficient (Wildman–Crippen LogP) is 3.70. The lowest BCUT2D eigenvalue weighted by Gasteiger charge is -2.18. The summed E-state index contributed by atoms with van der Waals surface area (Å²) in [5, 5.41) is 6.40. The van der Waals surface area contributed by atoms with Crippen LogP contribution in [0.2, 0.25) is 0 Å². The zero-order valence-corrected chi connectivity index (χ0v) is 20.6. The number of benzene rings is 1. The summed E-state index contributed by atoms with van der Waals surface area (Å²) in [4.78, 5) is 33.3. The van der Waals surface area contributed by atoms with E-state index >= 15 is 0 Å². The Labute approximate surface area is 207 Å². The van der Waals surface area contributed by atoms with Crippen LogP contribution >= 0.6 is 11.3 Å². The SMILES string of the molecule is C=CC=N/C=C(\C)C(=O)NC1CCN(c2nc(Nc3ccc(OC)c(OC)c3)c3ncsc3n2)C1. The van der Waals surface area contributed by atoms with Crippen LogP contribution in [-0.4, -0.2) is 60.4 Å². The number of nitrogens with zero attached hydrogens (tertiary/aromatic N) is 5. The van der Waals surface area contributed by atoms with Gasteiger partial charge in [-0.25, -0.2) is 4.98 Å². The summed E-state index contributed by atoms with van der Waals surface area (Å²) in [5.74, 6) is 2.30. The third-order valence-corrected chi connectivity index (χ3v) is 6.18. The number of methoxy groups -OCH3 is 2. The molecule has 35 heavy (non-hydrogen) atoms. The molecule has 3 heterocycles. The molecule has 10 nitrogen and oxygen atoms in total. The van der Waals surface area contributed by atoms with Gasteiger partial charge in [0.25, 0.3) is 0 Å². The van der Waals surface area contributed by atoms with Gasteiger partial charge < -0.3 is 25.0 Å². The van der Waals surface area contributed by atoms with E-state index in [2.05, 4.69) is 32.1 Å². The smallest absolute Gasteiger partial charge is 0.248 e. The molecule has 0 aliphatic carbocycles. The highest BCUT2D eigenvalue weighted by Crippen LogP contribution is 2.33. The molecule has 1 unspecified atom stereocenters. The number of rotatable bonds is 9. The van der Waals surface area contributed by atoms with Crippen molar-refractivity contribution in [3.8, 4) is 11.5 Å². The summed E-state index contributed by atoms with van der Waals surface area (Å²) in [6, 6.07) is 5.54. The van der Waals surface area contributed by atoms with E-state index in [9.17, 15) is 4.79 Å². The average molecular weight is 494 g/mol. The van der Waals surface area contributed by atoms with Gasteiger partial charge in [-0.1, -0.05) is 12.7 Å². The van der Waals surface area contributed by atoms with Crippen molar-refractivity contribution in [3.05, 3.63) is 48.1 Å². The topological polar surface area (TPSA) is 114 Å². The van der Waals surface area contributed by atoms with Crippen LogP contribution in [0.1, 0.15) is 13.3 Å². The Morgan fingerprint density at radius 3 is 2.89 bits per heavy atom. The third kappa shape index (κ3) is 5.57. The molecule has 1 fully saturated rings. The van der Waals surface area contributed by atoms with Gasteiger partial charge in [-0.05, 0) is 25.5 Å². The van der Waals surface area contributed by atoms with Crippen molar-refractivity contribution in [1.29, 1.82) is 0 Å². The summed E-state index contributed by atoms with van der Waals surface area (Å²) < 4.78 is 10.7. The van der Waals surface area contributed by atoms with E-state index in [1.165, 1.54) is 23.8 Å². The zero-order chi connectivity index (χ0) is 24.8. The maximum absolute atomic E-state index is 12.5. The number of carbonyl (C=O) groups excluding carboxylic acids is 1. The number of amides is 1. The van der Waals surface area contributed by atoms with Crippen LogP contribution in [0.5, 0.6) is 11.5 Å². The summed E-state index contributed by atoms with van der Waals surface area (Å²) in [6.45, 7) is 6.63. The predicted molar refractivity (Wildman–Crippen MR) is 139 cm³/mol. The Balaban J connectivity index is 1.51. The quantitative estimate of drug-likeness (QED) is 0.343. The second-order valence-electron chi connectivity index (χ2n) is 7.82. The highest BCUT2D eigenvalue weighted by molar-refractivity contribution is 7.16. The first kappa shape index (κ1) is 24.1. The van der Waals surface area contributed by atoms with E-state index in [4.69, 9.17) is 19.4 Å². The molecule has 182 valence electrons. The van der Waals surface area contributed by atoms with Gasteiger partial charge in [-0.15, -0.1) is 11.3 Å². The minimum absolute atomic E-state index is 0.0164. The molecule has 1 aliphatic rings. The van der Waals surface area contributed by atoms with Crippen molar-refractivity contribution in [2.45, 2.75) is 19.4 Å². The molecule has 0 radical (unpaired) electrons. The Kier molecular flexibility index (Phi) is 7.56. The normalized spacial score (nSPS) is 16.0. The number of hydrogen-bond acceptors (Lipinski definition) is 10. The molecule has 0 spiro atoms. The molecule has 0 saturated carbocycles. The number of aliphatic imine (C=N–C) groups is 1. The monoisotopic (exact) mass is 493 g/mol. The number of fused-ring (bicyclic) bond motifs is 1. The summed E-state index contributed by atoms with van der Waals surface area (Å²) in [5.41, 5.74) is 3.76. The Morgan fingerprint density at radius 2 is 2.11 bits per heavy atom. The van der Waals surface area contributed by atoms with Crippen LogP contribution in [0.15, 0.2) is 53.1 Å². The number of anilines is 3. The van der Waals surface area contributed by atoms with Crippen LogP contribution in [0, 0.1) is 0 Å². The van der Waals surface area contributed by atoms with Gasteiger partial charge in [-0.2, -0.15) is 9.97 Å². The second kappa shape index (κ2) is 11.0. The number of carbonyl (C=O) groups is 1. The van der Waals surface area contributed by atoms with Crippen LogP contribution < -0.4 is 25.0 Å². The maximum Gasteiger partial charge on any atom is 0.248 e. The molecule has 2 aromatic heterocycles. The van der Waals surface area contributed by atoms with Crippen LogP contribution in [0.25, 0.3) is 10.3 Å². The third-order valence-electron chi connectivity index (χ3n) is 5.46. The molecule has 1 atom stereocenters. The van der Waals surface area contributed by atoms with Crippen LogP contribution in [-0.2, 0) is 4.79 Å². The maximum atomic E-state index is 12.5. The van der Waals surface area contributed by atoms with Crippen molar-refractivity contribution in [1.82, 2.24) is 20.3 Å². The van der Waals surface area contributed by atoms with Gasteiger partial charge in [0.2, 0.25) is 11.9 Å². The Morgan fingerprint density at radius 1 is 1.29 bits per heavy atom. The standard InChI is InChI=1S/C24H27N7O3S/c1-5-9-25-12-15(2)22(32)28-17-8-10-31(13-17)24-29-21(20-23(30-24)35-14-26-20)27-16-6-7-18(33-3)19(11-16)34-4/h5-7,9,11-12,14,17H,1,8,10,13H2,2-4H3,(H,28,32)(H,27,29,30)/b15-12+,25-9?. The van der Waals surface area contributed by atoms with E-state index in [1.807, 2.05) is 18.2 Å². The number of allylic oxidation sites excluding steroid dienone is 1. The lowest BCUT2D eigenvalue weighted by molar-refractivity contribution is -0.118. The number of ether oxygens (including phenoxy) is 2. The fourth-order valence-corrected chi connectivity index (χ4v) is 4.32. The van der Waals surface area contributed by atoms with Crippen molar-refractivity contribution >= 4 is 51.3 Å². The lowest BCUT2D eigenvalue weighted by atomic mass is 10.2. The molecule has 4 rings (SSSR count). The Hall–Kier alpha value is -3.99. The second-order valence-corrected chi connectivity index (χ2v) is 8.66. The van der Waals surface area contributed by atoms with Crippen molar-refractivity contribution in [3.63, 3.8) is 0 Å². The highest BCUT2D eigenvalue weighted by Gasteiger charge is 2.27. The van der Waals surface area contributed by atoms with E-state index in [1.54, 1.807) is 32.7 Å². The number of aromatic nitrogens is 3. The fraction of sp³-hybridized carbons (Fsp3) is 0.292. The lowest BCUT2D eigenvalue weighted by Crippen LogP contribution is -2.37. The first-order valence-electron chi connectivity index (χ1n) is 11.0. The molecule has 2 N–H and O–H groups in total.